The number of amides is 2. The monoisotopic (exact) mass is 414 g/mol. The van der Waals surface area contributed by atoms with Crippen LogP contribution in [0.5, 0.6) is 0 Å². The molecule has 0 unspecified atom stereocenters. The summed E-state index contributed by atoms with van der Waals surface area (Å²) in [6.07, 6.45) is 2.38. The van der Waals surface area contributed by atoms with Crippen LogP contribution in [-0.4, -0.2) is 40.8 Å². The Balaban J connectivity index is 1.71. The number of halogens is 1. The van der Waals surface area contributed by atoms with E-state index in [9.17, 15) is 9.59 Å². The average Bonchev–Trinajstić information content (AvgIpc) is 3.09. The molecule has 28 heavy (non-hydrogen) atoms. The zero-order valence-corrected chi connectivity index (χ0v) is 17.3. The van der Waals surface area contributed by atoms with Gasteiger partial charge in [0.15, 0.2) is 5.13 Å². The Morgan fingerprint density at radius 3 is 2.61 bits per heavy atom. The van der Waals surface area contributed by atoms with Gasteiger partial charge in [0.1, 0.15) is 5.69 Å². The van der Waals surface area contributed by atoms with E-state index in [0.29, 0.717) is 33.5 Å². The molecule has 3 rings (SSSR count). The summed E-state index contributed by atoms with van der Waals surface area (Å²) in [6.45, 7) is 1.70. The molecule has 0 radical (unpaired) electrons. The van der Waals surface area contributed by atoms with E-state index in [1.807, 2.05) is 24.3 Å². The standard InChI is InChI=1S/C20H19ClN4O2S/c1-12-15(8-9-17(23-12)19(27)25(2)3)18(26)24-20-22-11-14(28-20)10-13-6-4-5-7-16(13)21/h4-9,11H,10H2,1-3H3,(H,22,24,26). The molecule has 0 spiro atoms. The lowest BCUT2D eigenvalue weighted by Crippen LogP contribution is -2.23. The molecule has 8 heteroatoms. The molecule has 0 saturated carbocycles. The third-order valence-electron chi connectivity index (χ3n) is 4.05. The number of carbonyl (C=O) groups excluding carboxylic acids is 2. The number of rotatable bonds is 5. The summed E-state index contributed by atoms with van der Waals surface area (Å²) in [6, 6.07) is 10.8. The predicted molar refractivity (Wildman–Crippen MR) is 111 cm³/mol. The molecular formula is C20H19ClN4O2S. The highest BCUT2D eigenvalue weighted by atomic mass is 35.5. The quantitative estimate of drug-likeness (QED) is 0.683. The third-order valence-corrected chi connectivity index (χ3v) is 5.33. The molecule has 0 atom stereocenters. The summed E-state index contributed by atoms with van der Waals surface area (Å²) >= 11 is 7.59. The van der Waals surface area contributed by atoms with Crippen molar-refractivity contribution in [3.05, 3.63) is 75.0 Å². The largest absolute Gasteiger partial charge is 0.343 e. The molecule has 0 saturated heterocycles. The molecule has 0 aliphatic heterocycles. The molecule has 2 heterocycles. The van der Waals surface area contributed by atoms with Gasteiger partial charge in [-0.15, -0.1) is 11.3 Å². The van der Waals surface area contributed by atoms with Gasteiger partial charge in [-0.05, 0) is 30.7 Å². The minimum atomic E-state index is -0.313. The normalized spacial score (nSPS) is 10.6. The molecule has 1 N–H and O–H groups in total. The van der Waals surface area contributed by atoms with Gasteiger partial charge in [-0.25, -0.2) is 9.97 Å². The molecule has 144 valence electrons. The molecule has 0 bridgehead atoms. The highest BCUT2D eigenvalue weighted by Crippen LogP contribution is 2.25. The Bertz CT molecular complexity index is 1030. The van der Waals surface area contributed by atoms with Crippen molar-refractivity contribution in [3.8, 4) is 0 Å². The summed E-state index contributed by atoms with van der Waals surface area (Å²) in [7, 11) is 3.31. The van der Waals surface area contributed by atoms with Gasteiger partial charge in [0, 0.05) is 36.6 Å². The zero-order chi connectivity index (χ0) is 20.3. The number of thiazole rings is 1. The molecule has 3 aromatic rings. The highest BCUT2D eigenvalue weighted by molar-refractivity contribution is 7.15. The summed E-state index contributed by atoms with van der Waals surface area (Å²) in [5.74, 6) is -0.522. The van der Waals surface area contributed by atoms with E-state index in [-0.39, 0.29) is 11.8 Å². The van der Waals surface area contributed by atoms with Crippen LogP contribution in [0.1, 0.15) is 37.0 Å². The van der Waals surface area contributed by atoms with E-state index in [2.05, 4.69) is 15.3 Å². The van der Waals surface area contributed by atoms with Gasteiger partial charge < -0.3 is 4.90 Å². The predicted octanol–water partition coefficient (Wildman–Crippen LogP) is 4.04. The first-order chi connectivity index (χ1) is 13.3. The van der Waals surface area contributed by atoms with Crippen molar-refractivity contribution in [2.75, 3.05) is 19.4 Å². The fraction of sp³-hybridized carbons (Fsp3) is 0.200. The Hall–Kier alpha value is -2.77. The summed E-state index contributed by atoms with van der Waals surface area (Å²) in [5.41, 5.74) is 2.19. The molecule has 6 nitrogen and oxygen atoms in total. The van der Waals surface area contributed by atoms with Crippen LogP contribution in [0.3, 0.4) is 0 Å². The minimum absolute atomic E-state index is 0.209. The first kappa shape index (κ1) is 20.0. The van der Waals surface area contributed by atoms with E-state index >= 15 is 0 Å². The van der Waals surface area contributed by atoms with Crippen LogP contribution in [0.15, 0.2) is 42.6 Å². The van der Waals surface area contributed by atoms with Crippen molar-refractivity contribution in [1.82, 2.24) is 14.9 Å². The number of hydrogen-bond donors (Lipinski definition) is 1. The number of hydrogen-bond acceptors (Lipinski definition) is 5. The second kappa shape index (κ2) is 8.50. The Morgan fingerprint density at radius 2 is 1.93 bits per heavy atom. The number of carbonyl (C=O) groups is 2. The lowest BCUT2D eigenvalue weighted by atomic mass is 10.1. The number of nitrogens with one attached hydrogen (secondary N) is 1. The Labute approximate surface area is 172 Å². The van der Waals surface area contributed by atoms with Crippen LogP contribution in [-0.2, 0) is 6.42 Å². The van der Waals surface area contributed by atoms with Crippen LogP contribution in [0.25, 0.3) is 0 Å². The van der Waals surface area contributed by atoms with Crippen molar-refractivity contribution in [1.29, 1.82) is 0 Å². The molecule has 2 aromatic heterocycles. The van der Waals surface area contributed by atoms with Gasteiger partial charge >= 0.3 is 0 Å². The number of nitrogens with zero attached hydrogens (tertiary/aromatic N) is 3. The first-order valence-corrected chi connectivity index (χ1v) is 9.73. The molecule has 0 aliphatic rings. The van der Waals surface area contributed by atoms with E-state index in [4.69, 9.17) is 11.6 Å². The number of aromatic nitrogens is 2. The van der Waals surface area contributed by atoms with Gasteiger partial charge in [-0.3, -0.25) is 14.9 Å². The van der Waals surface area contributed by atoms with Gasteiger partial charge in [-0.1, -0.05) is 29.8 Å². The fourth-order valence-electron chi connectivity index (χ4n) is 2.59. The smallest absolute Gasteiger partial charge is 0.271 e. The summed E-state index contributed by atoms with van der Waals surface area (Å²) in [5, 5.41) is 4.00. The second-order valence-electron chi connectivity index (χ2n) is 6.38. The SMILES string of the molecule is Cc1nc(C(=O)N(C)C)ccc1C(=O)Nc1ncc(Cc2ccccc2Cl)s1. The fourth-order valence-corrected chi connectivity index (χ4v) is 3.62. The maximum absolute atomic E-state index is 12.6. The molecule has 0 aliphatic carbocycles. The van der Waals surface area contributed by atoms with Gasteiger partial charge in [0.05, 0.1) is 11.3 Å². The first-order valence-electron chi connectivity index (χ1n) is 8.54. The Kier molecular flexibility index (Phi) is 6.06. The maximum atomic E-state index is 12.6. The topological polar surface area (TPSA) is 75.2 Å². The van der Waals surface area contributed by atoms with Crippen molar-refractivity contribution in [2.45, 2.75) is 13.3 Å². The number of pyridine rings is 1. The lowest BCUT2D eigenvalue weighted by molar-refractivity contribution is 0.0821. The zero-order valence-electron chi connectivity index (χ0n) is 15.7. The third kappa shape index (κ3) is 4.55. The Morgan fingerprint density at radius 1 is 1.18 bits per heavy atom. The molecule has 2 amide bonds. The van der Waals surface area contributed by atoms with E-state index < -0.39 is 0 Å². The molecule has 0 fully saturated rings. The number of benzene rings is 1. The summed E-state index contributed by atoms with van der Waals surface area (Å²) in [4.78, 5) is 35.5. The molecule has 1 aromatic carbocycles. The van der Waals surface area contributed by atoms with Crippen molar-refractivity contribution < 1.29 is 9.59 Å². The van der Waals surface area contributed by atoms with Crippen LogP contribution < -0.4 is 5.32 Å². The lowest BCUT2D eigenvalue weighted by Gasteiger charge is -2.11. The van der Waals surface area contributed by atoms with Crippen molar-refractivity contribution in [3.63, 3.8) is 0 Å². The number of aryl methyl sites for hydroxylation is 1. The van der Waals surface area contributed by atoms with E-state index in [1.165, 1.54) is 16.2 Å². The number of anilines is 1. The molecular weight excluding hydrogens is 396 g/mol. The van der Waals surface area contributed by atoms with Crippen LogP contribution >= 0.6 is 22.9 Å². The van der Waals surface area contributed by atoms with Crippen molar-refractivity contribution in [2.24, 2.45) is 0 Å². The van der Waals surface area contributed by atoms with Gasteiger partial charge in [0.25, 0.3) is 11.8 Å². The average molecular weight is 415 g/mol. The highest BCUT2D eigenvalue weighted by Gasteiger charge is 2.16. The van der Waals surface area contributed by atoms with Crippen LogP contribution in [0, 0.1) is 6.92 Å². The van der Waals surface area contributed by atoms with Crippen molar-refractivity contribution >= 4 is 39.9 Å². The maximum Gasteiger partial charge on any atom is 0.271 e. The van der Waals surface area contributed by atoms with Gasteiger partial charge in [0.2, 0.25) is 0 Å². The van der Waals surface area contributed by atoms with Crippen LogP contribution in [0.4, 0.5) is 5.13 Å². The van der Waals surface area contributed by atoms with Crippen LogP contribution in [0.2, 0.25) is 5.02 Å². The van der Waals surface area contributed by atoms with Gasteiger partial charge in [-0.2, -0.15) is 0 Å². The summed E-state index contributed by atoms with van der Waals surface area (Å²) < 4.78 is 0. The van der Waals surface area contributed by atoms with E-state index in [1.54, 1.807) is 39.3 Å². The van der Waals surface area contributed by atoms with E-state index in [0.717, 1.165) is 10.4 Å². The second-order valence-corrected chi connectivity index (χ2v) is 7.91. The minimum Gasteiger partial charge on any atom is -0.343 e.